The first-order valence-electron chi connectivity index (χ1n) is 3.86. The van der Waals surface area contributed by atoms with Gasteiger partial charge in [0.25, 0.3) is 0 Å². The molecule has 2 rings (SSSR count). The predicted octanol–water partition coefficient (Wildman–Crippen LogP) is 2.75. The maximum Gasteiger partial charge on any atom is 0.136 e. The molecular weight excluding hydrogens is 195 g/mol. The highest BCUT2D eigenvalue weighted by Crippen LogP contribution is 2.29. The summed E-state index contributed by atoms with van der Waals surface area (Å²) in [6, 6.07) is 1.82. The van der Waals surface area contributed by atoms with Crippen LogP contribution in [0.1, 0.15) is 12.0 Å². The molecule has 0 spiro atoms. The Morgan fingerprint density at radius 1 is 1.42 bits per heavy atom. The number of rotatable bonds is 0. The molecule has 1 aliphatic heterocycles. The fourth-order valence-electron chi connectivity index (χ4n) is 1.39. The zero-order chi connectivity index (χ0) is 8.55. The Morgan fingerprint density at radius 2 is 2.25 bits per heavy atom. The summed E-state index contributed by atoms with van der Waals surface area (Å²) in [7, 11) is 0. The second-order valence-electron chi connectivity index (χ2n) is 2.79. The molecule has 4 heteroatoms. The van der Waals surface area contributed by atoms with Gasteiger partial charge in [0.05, 0.1) is 0 Å². The summed E-state index contributed by atoms with van der Waals surface area (Å²) in [4.78, 5) is 3.98. The Morgan fingerprint density at radius 3 is 3.08 bits per heavy atom. The van der Waals surface area contributed by atoms with E-state index in [2.05, 4.69) is 10.3 Å². The summed E-state index contributed by atoms with van der Waals surface area (Å²) in [5.41, 5.74) is 2.12. The third-order valence-electron chi connectivity index (χ3n) is 1.96. The van der Waals surface area contributed by atoms with Gasteiger partial charge in [-0.2, -0.15) is 0 Å². The predicted molar refractivity (Wildman–Crippen MR) is 51.1 cm³/mol. The number of nitrogens with one attached hydrogen (secondary N) is 1. The molecule has 2 nitrogen and oxygen atoms in total. The summed E-state index contributed by atoms with van der Waals surface area (Å²) >= 11 is 11.7. The molecule has 1 aliphatic rings. The summed E-state index contributed by atoms with van der Waals surface area (Å²) in [5, 5.41) is 4.22. The smallest absolute Gasteiger partial charge is 0.136 e. The van der Waals surface area contributed by atoms with Crippen molar-refractivity contribution < 1.29 is 0 Å². The van der Waals surface area contributed by atoms with Crippen molar-refractivity contribution >= 4 is 28.9 Å². The van der Waals surface area contributed by atoms with Crippen molar-refractivity contribution in [2.45, 2.75) is 12.8 Å². The van der Waals surface area contributed by atoms with E-state index in [1.807, 2.05) is 6.07 Å². The first kappa shape index (κ1) is 8.14. The van der Waals surface area contributed by atoms with E-state index in [0.29, 0.717) is 10.3 Å². The van der Waals surface area contributed by atoms with Crippen LogP contribution in [-0.2, 0) is 6.42 Å². The van der Waals surface area contributed by atoms with Crippen LogP contribution in [0.2, 0.25) is 10.3 Å². The van der Waals surface area contributed by atoms with Gasteiger partial charge >= 0.3 is 0 Å². The molecule has 64 valence electrons. The lowest BCUT2D eigenvalue weighted by molar-refractivity contribution is 0.825. The molecule has 0 bridgehead atoms. The molecule has 0 saturated carbocycles. The second kappa shape index (κ2) is 3.11. The van der Waals surface area contributed by atoms with Crippen LogP contribution in [0, 0.1) is 0 Å². The van der Waals surface area contributed by atoms with Crippen molar-refractivity contribution in [2.24, 2.45) is 0 Å². The number of pyridine rings is 1. The summed E-state index contributed by atoms with van der Waals surface area (Å²) in [6.45, 7) is 0.990. The SMILES string of the molecule is Clc1cc2c(c(Cl)n1)CCCN2. The lowest BCUT2D eigenvalue weighted by Gasteiger charge is -2.18. The van der Waals surface area contributed by atoms with Crippen LogP contribution in [0.25, 0.3) is 0 Å². The summed E-state index contributed by atoms with van der Waals surface area (Å²) in [5.74, 6) is 0. The van der Waals surface area contributed by atoms with Gasteiger partial charge in [-0.15, -0.1) is 0 Å². The van der Waals surface area contributed by atoms with Crippen LogP contribution in [0.3, 0.4) is 0 Å². The van der Waals surface area contributed by atoms with E-state index in [9.17, 15) is 0 Å². The van der Waals surface area contributed by atoms with Crippen molar-refractivity contribution in [3.8, 4) is 0 Å². The number of fused-ring (bicyclic) bond motifs is 1. The maximum absolute atomic E-state index is 5.91. The fourth-order valence-corrected chi connectivity index (χ4v) is 1.92. The first-order chi connectivity index (χ1) is 5.77. The fraction of sp³-hybridized carbons (Fsp3) is 0.375. The molecule has 1 N–H and O–H groups in total. The van der Waals surface area contributed by atoms with Gasteiger partial charge < -0.3 is 5.32 Å². The van der Waals surface area contributed by atoms with Crippen molar-refractivity contribution in [3.63, 3.8) is 0 Å². The highest BCUT2D eigenvalue weighted by atomic mass is 35.5. The standard InChI is InChI=1S/C8H8Cl2N2/c9-7-4-6-5(8(10)12-7)2-1-3-11-6/h4,11H,1-3H2. The lowest BCUT2D eigenvalue weighted by atomic mass is 10.1. The van der Waals surface area contributed by atoms with Crippen LogP contribution in [0.5, 0.6) is 0 Å². The highest BCUT2D eigenvalue weighted by Gasteiger charge is 2.13. The van der Waals surface area contributed by atoms with E-state index in [-0.39, 0.29) is 0 Å². The summed E-state index contributed by atoms with van der Waals surface area (Å²) < 4.78 is 0. The zero-order valence-corrected chi connectivity index (χ0v) is 7.91. The van der Waals surface area contributed by atoms with E-state index >= 15 is 0 Å². The normalized spacial score (nSPS) is 15.2. The Kier molecular flexibility index (Phi) is 2.11. The third-order valence-corrected chi connectivity index (χ3v) is 2.47. The highest BCUT2D eigenvalue weighted by molar-refractivity contribution is 6.33. The van der Waals surface area contributed by atoms with E-state index in [0.717, 1.165) is 30.6 Å². The molecule has 1 aromatic rings. The number of aromatic nitrogens is 1. The minimum Gasteiger partial charge on any atom is -0.385 e. The topological polar surface area (TPSA) is 24.9 Å². The van der Waals surface area contributed by atoms with Gasteiger partial charge in [-0.3, -0.25) is 0 Å². The van der Waals surface area contributed by atoms with Gasteiger partial charge in [0.2, 0.25) is 0 Å². The number of anilines is 1. The Labute approximate surface area is 80.9 Å². The average Bonchev–Trinajstić information content (AvgIpc) is 2.04. The number of hydrogen-bond donors (Lipinski definition) is 1. The Bertz CT molecular complexity index is 312. The van der Waals surface area contributed by atoms with E-state index in [1.165, 1.54) is 0 Å². The second-order valence-corrected chi connectivity index (χ2v) is 3.54. The number of halogens is 2. The quantitative estimate of drug-likeness (QED) is 0.655. The Hall–Kier alpha value is -0.470. The maximum atomic E-state index is 5.91. The third kappa shape index (κ3) is 1.37. The van der Waals surface area contributed by atoms with Crippen molar-refractivity contribution in [3.05, 3.63) is 21.9 Å². The van der Waals surface area contributed by atoms with Gasteiger partial charge in [0, 0.05) is 17.8 Å². The van der Waals surface area contributed by atoms with Gasteiger partial charge in [-0.05, 0) is 18.9 Å². The molecule has 0 unspecified atom stereocenters. The molecule has 0 atom stereocenters. The molecule has 0 aromatic carbocycles. The number of hydrogen-bond acceptors (Lipinski definition) is 2. The number of nitrogens with zero attached hydrogens (tertiary/aromatic N) is 1. The van der Waals surface area contributed by atoms with Gasteiger partial charge in [0.15, 0.2) is 0 Å². The van der Waals surface area contributed by atoms with Crippen LogP contribution in [0.4, 0.5) is 5.69 Å². The molecule has 0 fully saturated rings. The average molecular weight is 203 g/mol. The minimum atomic E-state index is 0.452. The van der Waals surface area contributed by atoms with Crippen LogP contribution >= 0.6 is 23.2 Å². The van der Waals surface area contributed by atoms with Crippen LogP contribution < -0.4 is 5.32 Å². The Balaban J connectivity index is 2.53. The van der Waals surface area contributed by atoms with Crippen molar-refractivity contribution in [2.75, 3.05) is 11.9 Å². The molecule has 1 aromatic heterocycles. The largest absolute Gasteiger partial charge is 0.385 e. The minimum absolute atomic E-state index is 0.452. The molecule has 0 saturated heterocycles. The lowest BCUT2D eigenvalue weighted by Crippen LogP contribution is -2.12. The zero-order valence-electron chi connectivity index (χ0n) is 6.40. The molecule has 12 heavy (non-hydrogen) atoms. The molecule has 0 aliphatic carbocycles. The van der Waals surface area contributed by atoms with E-state index < -0.39 is 0 Å². The van der Waals surface area contributed by atoms with Gasteiger partial charge in [-0.1, -0.05) is 23.2 Å². The molecule has 2 heterocycles. The first-order valence-corrected chi connectivity index (χ1v) is 4.62. The molecule has 0 radical (unpaired) electrons. The van der Waals surface area contributed by atoms with E-state index in [1.54, 1.807) is 0 Å². The van der Waals surface area contributed by atoms with Crippen LogP contribution in [0.15, 0.2) is 6.07 Å². The van der Waals surface area contributed by atoms with Crippen molar-refractivity contribution in [1.82, 2.24) is 4.98 Å². The monoisotopic (exact) mass is 202 g/mol. The molecule has 0 amide bonds. The van der Waals surface area contributed by atoms with Crippen molar-refractivity contribution in [1.29, 1.82) is 0 Å². The molecular formula is C8H8Cl2N2. The van der Waals surface area contributed by atoms with Crippen LogP contribution in [-0.4, -0.2) is 11.5 Å². The van der Waals surface area contributed by atoms with E-state index in [4.69, 9.17) is 23.2 Å². The van der Waals surface area contributed by atoms with Gasteiger partial charge in [-0.25, -0.2) is 4.98 Å². The summed E-state index contributed by atoms with van der Waals surface area (Å²) in [6.07, 6.45) is 2.10. The van der Waals surface area contributed by atoms with Gasteiger partial charge in [0.1, 0.15) is 10.3 Å².